The number of nitriles is 1. The van der Waals surface area contributed by atoms with Gasteiger partial charge in [0.2, 0.25) is 0 Å². The first-order chi connectivity index (χ1) is 9.53. The largest absolute Gasteiger partial charge is 0.396 e. The Morgan fingerprint density at radius 3 is 2.45 bits per heavy atom. The maximum Gasteiger partial charge on any atom is 0.151 e. The van der Waals surface area contributed by atoms with E-state index >= 15 is 0 Å². The summed E-state index contributed by atoms with van der Waals surface area (Å²) >= 11 is 1.30. The topological polar surface area (TPSA) is 100 Å². The molecule has 5 nitrogen and oxygen atoms in total. The summed E-state index contributed by atoms with van der Waals surface area (Å²) in [5.74, 6) is 5.22. The van der Waals surface area contributed by atoms with Crippen molar-refractivity contribution >= 4 is 16.8 Å². The van der Waals surface area contributed by atoms with Crippen LogP contribution in [0.25, 0.3) is 0 Å². The van der Waals surface area contributed by atoms with Gasteiger partial charge in [-0.15, -0.1) is 0 Å². The van der Waals surface area contributed by atoms with E-state index in [0.29, 0.717) is 4.91 Å². The highest BCUT2D eigenvalue weighted by atomic mass is 32.2. The molecule has 1 aromatic rings. The molecule has 0 amide bonds. The SMILES string of the molecule is C=C(SC(=NC)c1ccc(C)cc1)/C(N)=C(\C#N)NN. The second-order valence-corrected chi connectivity index (χ2v) is 5.05. The van der Waals surface area contributed by atoms with Crippen molar-refractivity contribution in [2.75, 3.05) is 7.05 Å². The Hall–Kier alpha value is -2.23. The number of hydrazine groups is 1. The zero-order valence-corrected chi connectivity index (χ0v) is 12.3. The Morgan fingerprint density at radius 2 is 2.00 bits per heavy atom. The molecule has 1 aromatic carbocycles. The number of aryl methyl sites for hydroxylation is 1. The summed E-state index contributed by atoms with van der Waals surface area (Å²) in [6.07, 6.45) is 0. The predicted molar refractivity (Wildman–Crippen MR) is 84.5 cm³/mol. The fourth-order valence-electron chi connectivity index (χ4n) is 1.41. The van der Waals surface area contributed by atoms with Crippen molar-refractivity contribution in [3.8, 4) is 6.07 Å². The van der Waals surface area contributed by atoms with E-state index in [2.05, 4.69) is 17.0 Å². The molecule has 0 aliphatic rings. The Bertz CT molecular complexity index is 593. The molecule has 0 aliphatic carbocycles. The monoisotopic (exact) mass is 287 g/mol. The third-order valence-corrected chi connectivity index (χ3v) is 3.63. The molecule has 0 spiro atoms. The molecule has 0 aromatic heterocycles. The molecule has 0 heterocycles. The first-order valence-electron chi connectivity index (χ1n) is 5.80. The summed E-state index contributed by atoms with van der Waals surface area (Å²) in [5.41, 5.74) is 10.5. The Labute approximate surface area is 123 Å². The van der Waals surface area contributed by atoms with Gasteiger partial charge in [0.05, 0.1) is 5.70 Å². The summed E-state index contributed by atoms with van der Waals surface area (Å²) in [4.78, 5) is 4.74. The molecule has 1 rings (SSSR count). The minimum Gasteiger partial charge on any atom is -0.396 e. The molecule has 0 aliphatic heterocycles. The predicted octanol–water partition coefficient (Wildman–Crippen LogP) is 1.78. The van der Waals surface area contributed by atoms with Gasteiger partial charge in [-0.05, 0) is 6.92 Å². The van der Waals surface area contributed by atoms with Gasteiger partial charge in [0.15, 0.2) is 5.70 Å². The maximum atomic E-state index is 8.87. The molecule has 0 saturated heterocycles. The lowest BCUT2D eigenvalue weighted by Crippen LogP contribution is -2.24. The first kappa shape index (κ1) is 15.8. The molecular weight excluding hydrogens is 270 g/mol. The third kappa shape index (κ3) is 3.88. The van der Waals surface area contributed by atoms with Gasteiger partial charge in [-0.25, -0.2) is 5.84 Å². The Morgan fingerprint density at radius 1 is 1.40 bits per heavy atom. The fourth-order valence-corrected chi connectivity index (χ4v) is 2.20. The molecule has 0 saturated carbocycles. The lowest BCUT2D eigenvalue weighted by atomic mass is 10.2. The van der Waals surface area contributed by atoms with Crippen molar-refractivity contribution in [1.82, 2.24) is 5.43 Å². The van der Waals surface area contributed by atoms with Gasteiger partial charge in [-0.2, -0.15) is 5.26 Å². The van der Waals surface area contributed by atoms with Gasteiger partial charge in [-0.3, -0.25) is 4.99 Å². The molecule has 104 valence electrons. The number of aliphatic imine (C=N–C) groups is 1. The molecule has 0 unspecified atom stereocenters. The maximum absolute atomic E-state index is 8.87. The van der Waals surface area contributed by atoms with Crippen LogP contribution in [-0.4, -0.2) is 12.1 Å². The molecule has 0 atom stereocenters. The molecular formula is C14H17N5S. The highest BCUT2D eigenvalue weighted by molar-refractivity contribution is 8.17. The number of nitrogens with two attached hydrogens (primary N) is 2. The van der Waals surface area contributed by atoms with Gasteiger partial charge < -0.3 is 11.2 Å². The minimum atomic E-state index is 0.0851. The Balaban J connectivity index is 2.96. The van der Waals surface area contributed by atoms with Crippen molar-refractivity contribution in [1.29, 1.82) is 5.26 Å². The molecule has 20 heavy (non-hydrogen) atoms. The van der Waals surface area contributed by atoms with E-state index in [1.165, 1.54) is 17.3 Å². The molecule has 0 bridgehead atoms. The summed E-state index contributed by atoms with van der Waals surface area (Å²) in [6, 6.07) is 9.84. The van der Waals surface area contributed by atoms with Gasteiger partial charge in [0.25, 0.3) is 0 Å². The van der Waals surface area contributed by atoms with Crippen molar-refractivity contribution in [3.63, 3.8) is 0 Å². The van der Waals surface area contributed by atoms with E-state index in [1.807, 2.05) is 37.3 Å². The van der Waals surface area contributed by atoms with E-state index in [1.54, 1.807) is 7.05 Å². The smallest absolute Gasteiger partial charge is 0.151 e. The van der Waals surface area contributed by atoms with E-state index in [9.17, 15) is 0 Å². The van der Waals surface area contributed by atoms with E-state index in [-0.39, 0.29) is 11.4 Å². The number of benzene rings is 1. The van der Waals surface area contributed by atoms with E-state index < -0.39 is 0 Å². The number of allylic oxidation sites excluding steroid dienone is 1. The average molecular weight is 287 g/mol. The number of hydrogen-bond donors (Lipinski definition) is 3. The van der Waals surface area contributed by atoms with Gasteiger partial charge >= 0.3 is 0 Å². The van der Waals surface area contributed by atoms with Crippen LogP contribution in [0.1, 0.15) is 11.1 Å². The van der Waals surface area contributed by atoms with Crippen LogP contribution < -0.4 is 17.0 Å². The van der Waals surface area contributed by atoms with Crippen molar-refractivity contribution in [2.45, 2.75) is 6.92 Å². The fraction of sp³-hybridized carbons (Fsp3) is 0.143. The van der Waals surface area contributed by atoms with Crippen LogP contribution in [0.4, 0.5) is 0 Å². The van der Waals surface area contributed by atoms with Crippen molar-refractivity contribution in [3.05, 3.63) is 58.3 Å². The zero-order chi connectivity index (χ0) is 15.1. The van der Waals surface area contributed by atoms with Gasteiger partial charge in [-0.1, -0.05) is 48.2 Å². The van der Waals surface area contributed by atoms with Crippen LogP contribution in [0.5, 0.6) is 0 Å². The summed E-state index contributed by atoms with van der Waals surface area (Å²) < 4.78 is 0. The lowest BCUT2D eigenvalue weighted by molar-refractivity contribution is 0.904. The second-order valence-electron chi connectivity index (χ2n) is 3.96. The van der Waals surface area contributed by atoms with Crippen LogP contribution in [0.15, 0.2) is 52.1 Å². The van der Waals surface area contributed by atoms with E-state index in [4.69, 9.17) is 16.8 Å². The van der Waals surface area contributed by atoms with Crippen LogP contribution in [0.3, 0.4) is 0 Å². The lowest BCUT2D eigenvalue weighted by Gasteiger charge is -2.10. The van der Waals surface area contributed by atoms with Crippen LogP contribution >= 0.6 is 11.8 Å². The standard InChI is InChI=1S/C14H17N5S/c1-9-4-6-11(7-5-9)14(18-3)20-10(2)13(16)12(8-15)19-17/h4-7,19H,2,16-17H2,1,3H3/b13-12-,18-14?. The first-order valence-corrected chi connectivity index (χ1v) is 6.62. The summed E-state index contributed by atoms with van der Waals surface area (Å²) in [5, 5.41) is 9.64. The van der Waals surface area contributed by atoms with Crippen molar-refractivity contribution in [2.24, 2.45) is 16.6 Å². The highest BCUT2D eigenvalue weighted by Crippen LogP contribution is 2.25. The highest BCUT2D eigenvalue weighted by Gasteiger charge is 2.11. The number of rotatable bonds is 4. The molecule has 5 N–H and O–H groups in total. The molecule has 0 fully saturated rings. The molecule has 6 heteroatoms. The van der Waals surface area contributed by atoms with Gasteiger partial charge in [0.1, 0.15) is 11.1 Å². The average Bonchev–Trinajstić information content (AvgIpc) is 2.46. The van der Waals surface area contributed by atoms with Crippen molar-refractivity contribution < 1.29 is 0 Å². The van der Waals surface area contributed by atoms with Gasteiger partial charge in [0, 0.05) is 17.5 Å². The number of nitrogens with zero attached hydrogens (tertiary/aromatic N) is 2. The van der Waals surface area contributed by atoms with Crippen LogP contribution in [0, 0.1) is 18.3 Å². The third-order valence-electron chi connectivity index (χ3n) is 2.55. The Kier molecular flexibility index (Phi) is 5.84. The zero-order valence-electron chi connectivity index (χ0n) is 11.5. The summed E-state index contributed by atoms with van der Waals surface area (Å²) in [6.45, 7) is 5.87. The minimum absolute atomic E-state index is 0.0851. The van der Waals surface area contributed by atoms with E-state index in [0.717, 1.165) is 10.6 Å². The summed E-state index contributed by atoms with van der Waals surface area (Å²) in [7, 11) is 1.70. The number of thioether (sulfide) groups is 1. The number of hydrogen-bond acceptors (Lipinski definition) is 6. The quantitative estimate of drug-likeness (QED) is 0.196. The molecule has 0 radical (unpaired) electrons. The number of nitrogens with one attached hydrogen (secondary N) is 1. The van der Waals surface area contributed by atoms with Crippen LogP contribution in [-0.2, 0) is 0 Å². The normalized spacial score (nSPS) is 12.4. The second kappa shape index (κ2) is 7.38. The van der Waals surface area contributed by atoms with Crippen LogP contribution in [0.2, 0.25) is 0 Å².